The van der Waals surface area contributed by atoms with Gasteiger partial charge in [-0.2, -0.15) is 5.26 Å². The van der Waals surface area contributed by atoms with Gasteiger partial charge in [-0.1, -0.05) is 0 Å². The molecule has 1 fully saturated rings. The number of hydrogen-bond donors (Lipinski definition) is 2. The Labute approximate surface area is 99.6 Å². The van der Waals surface area contributed by atoms with E-state index >= 15 is 0 Å². The molecule has 5 nitrogen and oxygen atoms in total. The van der Waals surface area contributed by atoms with Crippen molar-refractivity contribution >= 4 is 5.91 Å². The fraction of sp³-hybridized carbons (Fsp3) is 0.500. The van der Waals surface area contributed by atoms with E-state index in [0.717, 1.165) is 19.3 Å². The normalized spacial score (nSPS) is 23.3. The molecule has 3 N–H and O–H groups in total. The van der Waals surface area contributed by atoms with Gasteiger partial charge in [0.2, 0.25) is 0 Å². The number of hydrogen-bond acceptors (Lipinski definition) is 4. The number of carbonyl (C=O) groups is 1. The monoisotopic (exact) mass is 233 g/mol. The number of nitrogens with one attached hydrogen (secondary N) is 1. The Kier molecular flexibility index (Phi) is 3.45. The molecule has 0 spiro atoms. The second kappa shape index (κ2) is 5.02. The Balaban J connectivity index is 1.99. The topological polar surface area (TPSA) is 92.0 Å². The van der Waals surface area contributed by atoms with Gasteiger partial charge in [0.15, 0.2) is 5.76 Å². The maximum atomic E-state index is 11.8. The lowest BCUT2D eigenvalue weighted by Crippen LogP contribution is -2.36. The number of rotatable bonds is 3. The highest BCUT2D eigenvalue weighted by Gasteiger charge is 2.29. The molecule has 2 rings (SSSR count). The van der Waals surface area contributed by atoms with Crippen molar-refractivity contribution in [1.29, 1.82) is 5.26 Å². The lowest BCUT2D eigenvalue weighted by molar-refractivity contribution is 0.0903. The van der Waals surface area contributed by atoms with Gasteiger partial charge in [0, 0.05) is 6.04 Å². The van der Waals surface area contributed by atoms with Crippen LogP contribution >= 0.6 is 0 Å². The molecule has 1 aromatic heterocycles. The molecule has 0 aromatic carbocycles. The van der Waals surface area contributed by atoms with Gasteiger partial charge in [0.05, 0.1) is 18.5 Å². The Morgan fingerprint density at radius 1 is 1.59 bits per heavy atom. The van der Waals surface area contributed by atoms with Crippen LogP contribution in [0.2, 0.25) is 0 Å². The number of amides is 1. The molecule has 90 valence electrons. The molecule has 0 bridgehead atoms. The van der Waals surface area contributed by atoms with Crippen molar-refractivity contribution in [1.82, 2.24) is 5.32 Å². The van der Waals surface area contributed by atoms with Gasteiger partial charge < -0.3 is 15.5 Å². The average Bonchev–Trinajstić information content (AvgIpc) is 2.96. The fourth-order valence-corrected chi connectivity index (χ4v) is 2.14. The summed E-state index contributed by atoms with van der Waals surface area (Å²) in [5, 5.41) is 11.8. The van der Waals surface area contributed by atoms with Crippen molar-refractivity contribution in [2.45, 2.75) is 31.8 Å². The zero-order valence-electron chi connectivity index (χ0n) is 9.48. The zero-order chi connectivity index (χ0) is 12.3. The minimum atomic E-state index is -0.267. The molecule has 1 amide bonds. The van der Waals surface area contributed by atoms with Crippen molar-refractivity contribution < 1.29 is 9.21 Å². The summed E-state index contributed by atoms with van der Waals surface area (Å²) in [6, 6.07) is 5.46. The van der Waals surface area contributed by atoms with Gasteiger partial charge in [-0.3, -0.25) is 4.79 Å². The summed E-state index contributed by atoms with van der Waals surface area (Å²) in [5.41, 5.74) is 5.40. The second-order valence-electron chi connectivity index (χ2n) is 4.22. The smallest absolute Gasteiger partial charge is 0.287 e. The van der Waals surface area contributed by atoms with Gasteiger partial charge in [0.1, 0.15) is 5.76 Å². The van der Waals surface area contributed by atoms with Gasteiger partial charge >= 0.3 is 0 Å². The highest BCUT2D eigenvalue weighted by Crippen LogP contribution is 2.25. The average molecular weight is 233 g/mol. The van der Waals surface area contributed by atoms with Crippen molar-refractivity contribution in [3.8, 4) is 6.07 Å². The summed E-state index contributed by atoms with van der Waals surface area (Å²) >= 11 is 0. The van der Waals surface area contributed by atoms with Crippen LogP contribution in [-0.4, -0.2) is 11.9 Å². The first-order valence-electron chi connectivity index (χ1n) is 5.74. The summed E-state index contributed by atoms with van der Waals surface area (Å²) in [6.45, 7) is 0.275. The van der Waals surface area contributed by atoms with Crippen molar-refractivity contribution in [3.63, 3.8) is 0 Å². The molecule has 1 heterocycles. The van der Waals surface area contributed by atoms with Crippen LogP contribution in [0, 0.1) is 17.2 Å². The minimum Gasteiger partial charge on any atom is -0.455 e. The molecule has 1 aliphatic rings. The van der Waals surface area contributed by atoms with Crippen molar-refractivity contribution in [2.24, 2.45) is 11.7 Å². The Morgan fingerprint density at radius 3 is 3.06 bits per heavy atom. The lowest BCUT2D eigenvalue weighted by atomic mass is 10.1. The summed E-state index contributed by atoms with van der Waals surface area (Å²) in [4.78, 5) is 11.8. The zero-order valence-corrected chi connectivity index (χ0v) is 9.48. The number of furan rings is 1. The molecular formula is C12H15N3O2. The molecule has 2 atom stereocenters. The first kappa shape index (κ1) is 11.7. The van der Waals surface area contributed by atoms with Crippen LogP contribution in [0.25, 0.3) is 0 Å². The van der Waals surface area contributed by atoms with E-state index < -0.39 is 0 Å². The number of nitrogens with two attached hydrogens (primary N) is 1. The highest BCUT2D eigenvalue weighted by atomic mass is 16.4. The Morgan fingerprint density at radius 2 is 2.41 bits per heavy atom. The molecule has 17 heavy (non-hydrogen) atoms. The quantitative estimate of drug-likeness (QED) is 0.819. The van der Waals surface area contributed by atoms with E-state index in [0.29, 0.717) is 5.76 Å². The second-order valence-corrected chi connectivity index (χ2v) is 4.22. The van der Waals surface area contributed by atoms with Gasteiger partial charge in [-0.05, 0) is 31.4 Å². The maximum absolute atomic E-state index is 11.8. The SMILES string of the molecule is N#CC1CCCC1NC(=O)c1ccc(CN)o1. The molecule has 0 aliphatic heterocycles. The maximum Gasteiger partial charge on any atom is 0.287 e. The van der Waals surface area contributed by atoms with Crippen molar-refractivity contribution in [2.75, 3.05) is 0 Å². The standard InChI is InChI=1S/C12H15N3O2/c13-6-8-2-1-3-10(8)15-12(16)11-5-4-9(7-14)17-11/h4-5,8,10H,1-3,7,14H2,(H,15,16). The highest BCUT2D eigenvalue weighted by molar-refractivity contribution is 5.91. The number of nitriles is 1. The van der Waals surface area contributed by atoms with Crippen LogP contribution in [0.1, 0.15) is 35.6 Å². The van der Waals surface area contributed by atoms with Crippen molar-refractivity contribution in [3.05, 3.63) is 23.7 Å². The summed E-state index contributed by atoms with van der Waals surface area (Å²) in [5.74, 6) is 0.493. The summed E-state index contributed by atoms with van der Waals surface area (Å²) in [7, 11) is 0. The lowest BCUT2D eigenvalue weighted by Gasteiger charge is -2.14. The van der Waals surface area contributed by atoms with Gasteiger partial charge in [-0.25, -0.2) is 0 Å². The predicted molar refractivity (Wildman–Crippen MR) is 60.8 cm³/mol. The fourth-order valence-electron chi connectivity index (χ4n) is 2.14. The molecule has 5 heteroatoms. The first-order chi connectivity index (χ1) is 8.24. The summed E-state index contributed by atoms with van der Waals surface area (Å²) in [6.07, 6.45) is 2.69. The van der Waals surface area contributed by atoms with Crippen LogP contribution in [0.3, 0.4) is 0 Å². The summed E-state index contributed by atoms with van der Waals surface area (Å²) < 4.78 is 5.25. The van der Waals surface area contributed by atoms with Crippen LogP contribution in [0.4, 0.5) is 0 Å². The molecule has 0 saturated heterocycles. The molecule has 1 aromatic rings. The van der Waals surface area contributed by atoms with E-state index in [1.165, 1.54) is 0 Å². The van der Waals surface area contributed by atoms with E-state index in [1.54, 1.807) is 12.1 Å². The molecule has 1 saturated carbocycles. The van der Waals surface area contributed by atoms with E-state index in [2.05, 4.69) is 11.4 Å². The number of carbonyl (C=O) groups excluding carboxylic acids is 1. The Bertz CT molecular complexity index is 447. The third-order valence-electron chi connectivity index (χ3n) is 3.08. The largest absolute Gasteiger partial charge is 0.455 e. The predicted octanol–water partition coefficient (Wildman–Crippen LogP) is 1.16. The van der Waals surface area contributed by atoms with Gasteiger partial charge in [-0.15, -0.1) is 0 Å². The van der Waals surface area contributed by atoms with Crippen LogP contribution in [0.5, 0.6) is 0 Å². The third-order valence-corrected chi connectivity index (χ3v) is 3.08. The van der Waals surface area contributed by atoms with Crippen LogP contribution in [-0.2, 0) is 6.54 Å². The van der Waals surface area contributed by atoms with E-state index in [1.807, 2.05) is 0 Å². The molecule has 0 radical (unpaired) electrons. The van der Waals surface area contributed by atoms with E-state index in [-0.39, 0.29) is 30.2 Å². The molecule has 1 aliphatic carbocycles. The molecule has 2 unspecified atom stereocenters. The van der Waals surface area contributed by atoms with Crippen LogP contribution in [0.15, 0.2) is 16.5 Å². The van der Waals surface area contributed by atoms with Gasteiger partial charge in [0.25, 0.3) is 5.91 Å². The first-order valence-corrected chi connectivity index (χ1v) is 5.74. The minimum absolute atomic E-state index is 0.0565. The molecular weight excluding hydrogens is 218 g/mol. The van der Waals surface area contributed by atoms with Crippen LogP contribution < -0.4 is 11.1 Å². The van der Waals surface area contributed by atoms with E-state index in [4.69, 9.17) is 15.4 Å². The number of nitrogens with zero attached hydrogens (tertiary/aromatic N) is 1. The Hall–Kier alpha value is -1.80. The third kappa shape index (κ3) is 2.48. The van der Waals surface area contributed by atoms with E-state index in [9.17, 15) is 4.79 Å².